The maximum atomic E-state index is 5.97. The van der Waals surface area contributed by atoms with Crippen molar-refractivity contribution in [2.24, 2.45) is 0 Å². The number of nitrogens with one attached hydrogen (secondary N) is 1. The number of likely N-dealkylation sites (N-methyl/N-ethyl adjacent to an activating group) is 2. The first kappa shape index (κ1) is 13.5. The Balaban J connectivity index is 2.43. The molecule has 0 spiro atoms. The molecule has 0 unspecified atom stereocenters. The van der Waals surface area contributed by atoms with Gasteiger partial charge in [-0.05, 0) is 30.8 Å². The van der Waals surface area contributed by atoms with Gasteiger partial charge in [0.15, 0.2) is 0 Å². The Hall–Kier alpha value is -0.570. The number of hydrogen-bond acceptors (Lipinski definition) is 2. The average molecular weight is 241 g/mol. The highest BCUT2D eigenvalue weighted by atomic mass is 35.5. The molecule has 1 aromatic carbocycles. The maximum absolute atomic E-state index is 5.97. The third-order valence-electron chi connectivity index (χ3n) is 2.60. The van der Waals surface area contributed by atoms with E-state index in [0.717, 1.165) is 37.7 Å². The fourth-order valence-electron chi connectivity index (χ4n) is 1.66. The maximum Gasteiger partial charge on any atom is 0.0409 e. The van der Waals surface area contributed by atoms with Gasteiger partial charge in [-0.3, -0.25) is 4.90 Å². The van der Waals surface area contributed by atoms with Crippen molar-refractivity contribution in [1.82, 2.24) is 10.2 Å². The fraction of sp³-hybridized carbons (Fsp3) is 0.538. The molecule has 16 heavy (non-hydrogen) atoms. The molecule has 0 aliphatic rings. The van der Waals surface area contributed by atoms with E-state index in [1.807, 2.05) is 18.2 Å². The zero-order valence-electron chi connectivity index (χ0n) is 10.2. The molecule has 0 saturated carbocycles. The molecule has 0 heterocycles. The number of halogens is 1. The van der Waals surface area contributed by atoms with Gasteiger partial charge in [-0.2, -0.15) is 0 Å². The van der Waals surface area contributed by atoms with Crippen molar-refractivity contribution >= 4 is 11.6 Å². The van der Waals surface area contributed by atoms with E-state index in [4.69, 9.17) is 11.6 Å². The SMILES string of the molecule is CCNCCN(CC)Cc1cccc(Cl)c1. The molecule has 0 amide bonds. The minimum absolute atomic E-state index is 0.820. The average Bonchev–Trinajstić information content (AvgIpc) is 2.28. The molecule has 0 fully saturated rings. The largest absolute Gasteiger partial charge is 0.316 e. The first-order chi connectivity index (χ1) is 7.76. The van der Waals surface area contributed by atoms with Crippen LogP contribution in [0.1, 0.15) is 19.4 Å². The molecule has 0 saturated heterocycles. The van der Waals surface area contributed by atoms with Gasteiger partial charge in [0.25, 0.3) is 0 Å². The van der Waals surface area contributed by atoms with E-state index in [2.05, 4.69) is 30.1 Å². The summed E-state index contributed by atoms with van der Waals surface area (Å²) in [6, 6.07) is 8.09. The van der Waals surface area contributed by atoms with Crippen molar-refractivity contribution < 1.29 is 0 Å². The number of hydrogen-bond donors (Lipinski definition) is 1. The quantitative estimate of drug-likeness (QED) is 0.738. The summed E-state index contributed by atoms with van der Waals surface area (Å²) in [6.45, 7) is 9.53. The molecule has 1 aromatic rings. The first-order valence-corrected chi connectivity index (χ1v) is 6.31. The van der Waals surface area contributed by atoms with Gasteiger partial charge in [0.2, 0.25) is 0 Å². The molecule has 2 nitrogen and oxygen atoms in total. The Morgan fingerprint density at radius 2 is 2.12 bits per heavy atom. The summed E-state index contributed by atoms with van der Waals surface area (Å²) in [5, 5.41) is 4.16. The predicted octanol–water partition coefficient (Wildman–Crippen LogP) is 2.77. The van der Waals surface area contributed by atoms with Gasteiger partial charge in [-0.15, -0.1) is 0 Å². The van der Waals surface area contributed by atoms with Gasteiger partial charge in [0.05, 0.1) is 0 Å². The van der Waals surface area contributed by atoms with Crippen LogP contribution in [0.15, 0.2) is 24.3 Å². The standard InChI is InChI=1S/C13H21ClN2/c1-3-15-8-9-16(4-2)11-12-6-5-7-13(14)10-12/h5-7,10,15H,3-4,8-9,11H2,1-2H3. The lowest BCUT2D eigenvalue weighted by atomic mass is 10.2. The third kappa shape index (κ3) is 4.97. The van der Waals surface area contributed by atoms with Crippen molar-refractivity contribution in [2.75, 3.05) is 26.2 Å². The molecule has 0 atom stereocenters. The lowest BCUT2D eigenvalue weighted by Crippen LogP contribution is -2.31. The lowest BCUT2D eigenvalue weighted by molar-refractivity contribution is 0.280. The van der Waals surface area contributed by atoms with Crippen molar-refractivity contribution in [3.63, 3.8) is 0 Å². The minimum atomic E-state index is 0.820. The summed E-state index contributed by atoms with van der Waals surface area (Å²) < 4.78 is 0. The highest BCUT2D eigenvalue weighted by molar-refractivity contribution is 6.30. The summed E-state index contributed by atoms with van der Waals surface area (Å²) in [5.41, 5.74) is 1.28. The van der Waals surface area contributed by atoms with Crippen LogP contribution in [0.3, 0.4) is 0 Å². The van der Waals surface area contributed by atoms with Crippen LogP contribution >= 0.6 is 11.6 Å². The second kappa shape index (κ2) is 7.66. The van der Waals surface area contributed by atoms with Gasteiger partial charge in [0, 0.05) is 24.7 Å². The number of nitrogens with zero attached hydrogens (tertiary/aromatic N) is 1. The molecular formula is C13H21ClN2. The topological polar surface area (TPSA) is 15.3 Å². The van der Waals surface area contributed by atoms with Gasteiger partial charge < -0.3 is 5.32 Å². The molecular weight excluding hydrogens is 220 g/mol. The third-order valence-corrected chi connectivity index (χ3v) is 2.83. The molecule has 0 aliphatic carbocycles. The summed E-state index contributed by atoms with van der Waals surface area (Å²) >= 11 is 5.97. The normalized spacial score (nSPS) is 11.0. The van der Waals surface area contributed by atoms with Gasteiger partial charge in [-0.1, -0.05) is 37.6 Å². The van der Waals surface area contributed by atoms with E-state index in [-0.39, 0.29) is 0 Å². The van der Waals surface area contributed by atoms with Crippen LogP contribution in [0.4, 0.5) is 0 Å². The van der Waals surface area contributed by atoms with Crippen LogP contribution in [0, 0.1) is 0 Å². The van der Waals surface area contributed by atoms with Crippen LogP contribution in [-0.4, -0.2) is 31.1 Å². The summed E-state index contributed by atoms with van der Waals surface area (Å²) in [6.07, 6.45) is 0. The van der Waals surface area contributed by atoms with E-state index in [9.17, 15) is 0 Å². The molecule has 1 rings (SSSR count). The smallest absolute Gasteiger partial charge is 0.0409 e. The Morgan fingerprint density at radius 1 is 1.31 bits per heavy atom. The summed E-state index contributed by atoms with van der Waals surface area (Å²) in [4.78, 5) is 2.41. The van der Waals surface area contributed by atoms with Crippen LogP contribution in [-0.2, 0) is 6.54 Å². The number of benzene rings is 1. The van der Waals surface area contributed by atoms with Crippen molar-refractivity contribution in [3.05, 3.63) is 34.9 Å². The Bertz CT molecular complexity index is 302. The summed E-state index contributed by atoms with van der Waals surface area (Å²) in [5.74, 6) is 0. The van der Waals surface area contributed by atoms with Crippen molar-refractivity contribution in [1.29, 1.82) is 0 Å². The Kier molecular flexibility index (Phi) is 6.46. The van der Waals surface area contributed by atoms with Crippen molar-refractivity contribution in [3.8, 4) is 0 Å². The van der Waals surface area contributed by atoms with Crippen LogP contribution in [0.2, 0.25) is 5.02 Å². The monoisotopic (exact) mass is 240 g/mol. The molecule has 0 aliphatic heterocycles. The zero-order chi connectivity index (χ0) is 11.8. The molecule has 0 radical (unpaired) electrons. The van der Waals surface area contributed by atoms with Gasteiger partial charge in [-0.25, -0.2) is 0 Å². The van der Waals surface area contributed by atoms with Crippen LogP contribution in [0.5, 0.6) is 0 Å². The van der Waals surface area contributed by atoms with Gasteiger partial charge in [0.1, 0.15) is 0 Å². The Labute approximate surface area is 104 Å². The lowest BCUT2D eigenvalue weighted by Gasteiger charge is -2.20. The van der Waals surface area contributed by atoms with E-state index < -0.39 is 0 Å². The molecule has 90 valence electrons. The Morgan fingerprint density at radius 3 is 2.75 bits per heavy atom. The van der Waals surface area contributed by atoms with Crippen LogP contribution in [0.25, 0.3) is 0 Å². The van der Waals surface area contributed by atoms with Crippen LogP contribution < -0.4 is 5.32 Å². The second-order valence-electron chi connectivity index (χ2n) is 3.85. The zero-order valence-corrected chi connectivity index (χ0v) is 10.9. The van der Waals surface area contributed by atoms with Gasteiger partial charge >= 0.3 is 0 Å². The first-order valence-electron chi connectivity index (χ1n) is 5.93. The van der Waals surface area contributed by atoms with E-state index in [1.54, 1.807) is 0 Å². The second-order valence-corrected chi connectivity index (χ2v) is 4.29. The molecule has 0 bridgehead atoms. The highest BCUT2D eigenvalue weighted by Gasteiger charge is 2.03. The highest BCUT2D eigenvalue weighted by Crippen LogP contribution is 2.12. The fourth-order valence-corrected chi connectivity index (χ4v) is 1.87. The van der Waals surface area contributed by atoms with Crippen molar-refractivity contribution in [2.45, 2.75) is 20.4 Å². The van der Waals surface area contributed by atoms with E-state index in [1.165, 1.54) is 5.56 Å². The minimum Gasteiger partial charge on any atom is -0.316 e. The summed E-state index contributed by atoms with van der Waals surface area (Å²) in [7, 11) is 0. The van der Waals surface area contributed by atoms with E-state index in [0.29, 0.717) is 0 Å². The molecule has 3 heteroatoms. The van der Waals surface area contributed by atoms with E-state index >= 15 is 0 Å². The molecule has 1 N–H and O–H groups in total. The number of rotatable bonds is 7. The molecule has 0 aromatic heterocycles. The predicted molar refractivity (Wildman–Crippen MR) is 70.9 cm³/mol.